The molecule has 28 heavy (non-hydrogen) atoms. The molecule has 2 amide bonds. The van der Waals surface area contributed by atoms with Gasteiger partial charge in [0.1, 0.15) is 0 Å². The van der Waals surface area contributed by atoms with Crippen LogP contribution in [0.3, 0.4) is 0 Å². The third kappa shape index (κ3) is 4.91. The van der Waals surface area contributed by atoms with Crippen molar-refractivity contribution in [1.82, 2.24) is 14.5 Å². The molecule has 0 saturated carbocycles. The van der Waals surface area contributed by atoms with E-state index in [4.69, 9.17) is 0 Å². The zero-order valence-corrected chi connectivity index (χ0v) is 17.4. The Labute approximate surface area is 167 Å². The topological polar surface area (TPSA) is 86.8 Å². The highest BCUT2D eigenvalue weighted by Gasteiger charge is 2.43. The van der Waals surface area contributed by atoms with Gasteiger partial charge in [0, 0.05) is 26.1 Å². The number of nitrogens with zero attached hydrogens (tertiary/aromatic N) is 2. The van der Waals surface area contributed by atoms with Crippen LogP contribution in [0.15, 0.2) is 24.3 Å². The minimum atomic E-state index is -3.30. The second kappa shape index (κ2) is 8.61. The minimum absolute atomic E-state index is 0.0232. The van der Waals surface area contributed by atoms with E-state index in [1.807, 2.05) is 24.3 Å². The van der Waals surface area contributed by atoms with E-state index in [1.165, 1.54) is 16.1 Å². The average molecular weight is 408 g/mol. The van der Waals surface area contributed by atoms with Crippen LogP contribution in [-0.4, -0.2) is 61.4 Å². The minimum Gasteiger partial charge on any atom is -0.350 e. The molecule has 1 N–H and O–H groups in total. The maximum atomic E-state index is 12.6. The summed E-state index contributed by atoms with van der Waals surface area (Å²) in [5.74, 6) is -0.188. The number of aryl methyl sites for hydroxylation is 1. The number of amides is 2. The monoisotopic (exact) mass is 407 g/mol. The summed E-state index contributed by atoms with van der Waals surface area (Å²) in [6.07, 6.45) is 4.12. The Morgan fingerprint density at radius 2 is 1.86 bits per heavy atom. The SMILES string of the molecule is CCc1ccc(CNC(=O)CN2C(=O)CCC[C@@H]3CN(S(C)(=O)=O)C[C@@H]32)cc1. The molecular formula is C20H29N3O4S. The summed E-state index contributed by atoms with van der Waals surface area (Å²) in [7, 11) is -3.30. The van der Waals surface area contributed by atoms with Crippen molar-refractivity contribution < 1.29 is 18.0 Å². The average Bonchev–Trinajstić information content (AvgIpc) is 3.03. The van der Waals surface area contributed by atoms with Gasteiger partial charge in [0.2, 0.25) is 21.8 Å². The lowest BCUT2D eigenvalue weighted by Gasteiger charge is -2.29. The maximum Gasteiger partial charge on any atom is 0.239 e. The molecule has 2 heterocycles. The highest BCUT2D eigenvalue weighted by molar-refractivity contribution is 7.88. The molecule has 0 bridgehead atoms. The lowest BCUT2D eigenvalue weighted by Crippen LogP contribution is -2.48. The first-order valence-electron chi connectivity index (χ1n) is 9.87. The molecule has 1 aromatic rings. The van der Waals surface area contributed by atoms with Crippen LogP contribution in [0.25, 0.3) is 0 Å². The van der Waals surface area contributed by atoms with Gasteiger partial charge < -0.3 is 10.2 Å². The highest BCUT2D eigenvalue weighted by atomic mass is 32.2. The van der Waals surface area contributed by atoms with Gasteiger partial charge in [0.05, 0.1) is 18.8 Å². The van der Waals surface area contributed by atoms with E-state index in [9.17, 15) is 18.0 Å². The van der Waals surface area contributed by atoms with Crippen LogP contribution in [0.5, 0.6) is 0 Å². The second-order valence-electron chi connectivity index (χ2n) is 7.77. The molecule has 7 nitrogen and oxygen atoms in total. The van der Waals surface area contributed by atoms with Gasteiger partial charge in [0.15, 0.2) is 0 Å². The molecule has 0 unspecified atom stereocenters. The van der Waals surface area contributed by atoms with Gasteiger partial charge in [-0.05, 0) is 36.3 Å². The van der Waals surface area contributed by atoms with E-state index >= 15 is 0 Å². The first-order chi connectivity index (χ1) is 13.3. The Hall–Kier alpha value is -1.93. The van der Waals surface area contributed by atoms with Crippen LogP contribution in [0.1, 0.15) is 37.3 Å². The summed E-state index contributed by atoms with van der Waals surface area (Å²) in [4.78, 5) is 26.7. The summed E-state index contributed by atoms with van der Waals surface area (Å²) in [6.45, 7) is 3.19. The zero-order chi connectivity index (χ0) is 20.3. The predicted molar refractivity (Wildman–Crippen MR) is 107 cm³/mol. The molecule has 1 aromatic carbocycles. The van der Waals surface area contributed by atoms with Crippen molar-refractivity contribution in [2.45, 2.75) is 45.2 Å². The molecular weight excluding hydrogens is 378 g/mol. The Morgan fingerprint density at radius 1 is 1.18 bits per heavy atom. The summed E-state index contributed by atoms with van der Waals surface area (Å²) >= 11 is 0. The standard InChI is InChI=1S/C20H29N3O4S/c1-3-15-7-9-16(10-8-15)11-21-19(24)14-23-18-13-22(28(2,26)27)12-17(18)5-4-6-20(23)25/h7-10,17-18H,3-6,11-14H2,1-2H3,(H,21,24)/t17-,18+/m1/s1. The van der Waals surface area contributed by atoms with Gasteiger partial charge in [-0.1, -0.05) is 31.2 Å². The number of rotatable bonds is 6. The zero-order valence-electron chi connectivity index (χ0n) is 16.6. The number of likely N-dealkylation sites (tertiary alicyclic amines) is 1. The Balaban J connectivity index is 1.62. The van der Waals surface area contributed by atoms with E-state index in [-0.39, 0.29) is 36.9 Å². The van der Waals surface area contributed by atoms with Crippen molar-refractivity contribution in [1.29, 1.82) is 0 Å². The lowest BCUT2D eigenvalue weighted by molar-refractivity contribution is -0.138. The van der Waals surface area contributed by atoms with Crippen molar-refractivity contribution >= 4 is 21.8 Å². The van der Waals surface area contributed by atoms with Crippen molar-refractivity contribution in [3.63, 3.8) is 0 Å². The van der Waals surface area contributed by atoms with E-state index in [1.54, 1.807) is 4.90 Å². The molecule has 8 heteroatoms. The first kappa shape index (κ1) is 20.8. The third-order valence-electron chi connectivity index (χ3n) is 5.76. The first-order valence-corrected chi connectivity index (χ1v) is 11.7. The summed E-state index contributed by atoms with van der Waals surface area (Å²) < 4.78 is 25.3. The van der Waals surface area contributed by atoms with E-state index in [2.05, 4.69) is 12.2 Å². The molecule has 0 aliphatic carbocycles. The van der Waals surface area contributed by atoms with Gasteiger partial charge >= 0.3 is 0 Å². The number of benzene rings is 1. The molecule has 3 rings (SSSR count). The van der Waals surface area contributed by atoms with E-state index in [0.717, 1.165) is 24.8 Å². The largest absolute Gasteiger partial charge is 0.350 e. The summed E-state index contributed by atoms with van der Waals surface area (Å²) in [5, 5.41) is 2.88. The van der Waals surface area contributed by atoms with Gasteiger partial charge in [-0.15, -0.1) is 0 Å². The number of sulfonamides is 1. The quantitative estimate of drug-likeness (QED) is 0.766. The normalized spacial score (nSPS) is 23.4. The Kier molecular flexibility index (Phi) is 6.40. The fraction of sp³-hybridized carbons (Fsp3) is 0.600. The van der Waals surface area contributed by atoms with E-state index < -0.39 is 10.0 Å². The molecule has 0 spiro atoms. The number of hydrogen-bond donors (Lipinski definition) is 1. The molecule has 2 aliphatic rings. The highest BCUT2D eigenvalue weighted by Crippen LogP contribution is 2.31. The number of hydrogen-bond acceptors (Lipinski definition) is 4. The van der Waals surface area contributed by atoms with Crippen LogP contribution in [-0.2, 0) is 32.6 Å². The Bertz CT molecular complexity index is 822. The predicted octanol–water partition coefficient (Wildman–Crippen LogP) is 1.14. The number of carbonyl (C=O) groups excluding carboxylic acids is 2. The molecule has 2 fully saturated rings. The van der Waals surface area contributed by atoms with Gasteiger partial charge in [-0.25, -0.2) is 8.42 Å². The fourth-order valence-corrected chi connectivity index (χ4v) is 4.96. The van der Waals surface area contributed by atoms with Crippen molar-refractivity contribution in [3.05, 3.63) is 35.4 Å². The summed E-state index contributed by atoms with van der Waals surface area (Å²) in [5.41, 5.74) is 2.25. The Morgan fingerprint density at radius 3 is 2.50 bits per heavy atom. The van der Waals surface area contributed by atoms with Crippen LogP contribution >= 0.6 is 0 Å². The fourth-order valence-electron chi connectivity index (χ4n) is 4.08. The van der Waals surface area contributed by atoms with Crippen LogP contribution < -0.4 is 5.32 Å². The van der Waals surface area contributed by atoms with Gasteiger partial charge in [-0.3, -0.25) is 9.59 Å². The molecule has 2 atom stereocenters. The van der Waals surface area contributed by atoms with Gasteiger partial charge in [-0.2, -0.15) is 4.31 Å². The smallest absolute Gasteiger partial charge is 0.239 e. The lowest BCUT2D eigenvalue weighted by atomic mass is 9.98. The third-order valence-corrected chi connectivity index (χ3v) is 7.00. The molecule has 154 valence electrons. The second-order valence-corrected chi connectivity index (χ2v) is 9.75. The molecule has 0 aromatic heterocycles. The summed E-state index contributed by atoms with van der Waals surface area (Å²) in [6, 6.07) is 7.85. The molecule has 2 aliphatic heterocycles. The van der Waals surface area contributed by atoms with Gasteiger partial charge in [0.25, 0.3) is 0 Å². The van der Waals surface area contributed by atoms with E-state index in [0.29, 0.717) is 19.5 Å². The van der Waals surface area contributed by atoms with Crippen molar-refractivity contribution in [3.8, 4) is 0 Å². The number of nitrogens with one attached hydrogen (secondary N) is 1. The molecule has 0 radical (unpaired) electrons. The number of carbonyl (C=O) groups is 2. The van der Waals surface area contributed by atoms with Crippen LogP contribution in [0.4, 0.5) is 0 Å². The van der Waals surface area contributed by atoms with Crippen molar-refractivity contribution in [2.24, 2.45) is 5.92 Å². The van der Waals surface area contributed by atoms with Crippen molar-refractivity contribution in [2.75, 3.05) is 25.9 Å². The molecule has 2 saturated heterocycles. The van der Waals surface area contributed by atoms with Crippen LogP contribution in [0, 0.1) is 5.92 Å². The number of fused-ring (bicyclic) bond motifs is 1. The maximum absolute atomic E-state index is 12.6. The van der Waals surface area contributed by atoms with Crippen LogP contribution in [0.2, 0.25) is 0 Å².